The Bertz CT molecular complexity index is 201. The fraction of sp³-hybridized carbons (Fsp3) is 1.00. The van der Waals surface area contributed by atoms with E-state index in [0.717, 1.165) is 22.7 Å². The van der Waals surface area contributed by atoms with Crippen molar-refractivity contribution in [1.29, 1.82) is 0 Å². The minimum absolute atomic E-state index is 0.756. The normalized spacial score (nSPS) is 37.5. The van der Waals surface area contributed by atoms with Gasteiger partial charge in [0, 0.05) is 10.9 Å². The molecule has 2 aliphatic rings. The summed E-state index contributed by atoms with van der Waals surface area (Å²) in [6.07, 6.45) is 13.1. The molecule has 2 aliphatic carbocycles. The molecule has 0 amide bonds. The minimum atomic E-state index is 0.756. The fourth-order valence-corrected chi connectivity index (χ4v) is 4.49. The van der Waals surface area contributed by atoms with Crippen LogP contribution in [-0.2, 0) is 0 Å². The molecule has 94 valence electrons. The van der Waals surface area contributed by atoms with E-state index >= 15 is 0 Å². The smallest absolute Gasteiger partial charge is 0.0188 e. The molecule has 3 atom stereocenters. The van der Waals surface area contributed by atoms with Crippen molar-refractivity contribution in [2.24, 2.45) is 11.8 Å². The Hall–Kier alpha value is 0.440. The Labute approximate surface area is 109 Å². The maximum absolute atomic E-state index is 3.92. The summed E-state index contributed by atoms with van der Waals surface area (Å²) in [5.74, 6) is 2.00. The van der Waals surface area contributed by atoms with Gasteiger partial charge in [-0.2, -0.15) is 0 Å². The topological polar surface area (TPSA) is 12.0 Å². The first-order valence-corrected chi connectivity index (χ1v) is 8.02. The summed E-state index contributed by atoms with van der Waals surface area (Å²) in [5, 5.41) is 3.43. The second-order valence-corrected chi connectivity index (χ2v) is 6.99. The first kappa shape index (κ1) is 12.9. The maximum atomic E-state index is 3.92. The average molecular weight is 288 g/mol. The largest absolute Gasteiger partial charge is 0.317 e. The number of alkyl halides is 1. The molecule has 0 radical (unpaired) electrons. The van der Waals surface area contributed by atoms with Crippen molar-refractivity contribution < 1.29 is 0 Å². The van der Waals surface area contributed by atoms with Gasteiger partial charge in [-0.3, -0.25) is 0 Å². The summed E-state index contributed by atoms with van der Waals surface area (Å²) in [6.45, 7) is 0. The van der Waals surface area contributed by atoms with Crippen LogP contribution in [-0.4, -0.2) is 17.9 Å². The molecule has 0 aliphatic heterocycles. The van der Waals surface area contributed by atoms with Crippen molar-refractivity contribution in [3.63, 3.8) is 0 Å². The van der Waals surface area contributed by atoms with Gasteiger partial charge in [-0.1, -0.05) is 48.0 Å². The highest BCUT2D eigenvalue weighted by molar-refractivity contribution is 9.09. The van der Waals surface area contributed by atoms with E-state index in [0.29, 0.717) is 0 Å². The van der Waals surface area contributed by atoms with Gasteiger partial charge in [-0.15, -0.1) is 0 Å². The van der Waals surface area contributed by atoms with Gasteiger partial charge < -0.3 is 5.32 Å². The predicted octanol–water partition coefficient (Wildman–Crippen LogP) is 4.11. The van der Waals surface area contributed by atoms with Gasteiger partial charge >= 0.3 is 0 Å². The molecule has 2 rings (SSSR count). The average Bonchev–Trinajstić information content (AvgIpc) is 2.33. The van der Waals surface area contributed by atoms with E-state index in [4.69, 9.17) is 0 Å². The zero-order valence-electron chi connectivity index (χ0n) is 10.6. The van der Waals surface area contributed by atoms with Crippen molar-refractivity contribution in [1.82, 2.24) is 5.32 Å². The van der Waals surface area contributed by atoms with Crippen molar-refractivity contribution in [2.75, 3.05) is 7.05 Å². The number of hydrogen-bond donors (Lipinski definition) is 1. The Kier molecular flexibility index (Phi) is 5.15. The lowest BCUT2D eigenvalue weighted by molar-refractivity contribution is 0.234. The minimum Gasteiger partial charge on any atom is -0.317 e. The standard InChI is InChI=1S/C14H26BrN/c1-16-13-8-7-12(14(15)10-13)9-11-5-3-2-4-6-11/h11-14,16H,2-10H2,1H3. The van der Waals surface area contributed by atoms with E-state index in [-0.39, 0.29) is 0 Å². The number of halogens is 1. The maximum Gasteiger partial charge on any atom is 0.0188 e. The van der Waals surface area contributed by atoms with E-state index < -0.39 is 0 Å². The quantitative estimate of drug-likeness (QED) is 0.771. The second kappa shape index (κ2) is 6.39. The van der Waals surface area contributed by atoms with Crippen LogP contribution in [0.5, 0.6) is 0 Å². The van der Waals surface area contributed by atoms with Crippen LogP contribution >= 0.6 is 15.9 Å². The van der Waals surface area contributed by atoms with E-state index in [1.54, 1.807) is 0 Å². The third kappa shape index (κ3) is 3.46. The Morgan fingerprint density at radius 1 is 1.06 bits per heavy atom. The van der Waals surface area contributed by atoms with Gasteiger partial charge in [-0.05, 0) is 44.6 Å². The van der Waals surface area contributed by atoms with Crippen molar-refractivity contribution in [3.8, 4) is 0 Å². The summed E-state index contributed by atoms with van der Waals surface area (Å²) < 4.78 is 0. The van der Waals surface area contributed by atoms with Crippen LogP contribution in [0.25, 0.3) is 0 Å². The molecule has 2 saturated carbocycles. The Morgan fingerprint density at radius 2 is 1.81 bits per heavy atom. The first-order chi connectivity index (χ1) is 7.79. The predicted molar refractivity (Wildman–Crippen MR) is 74.1 cm³/mol. The number of nitrogens with one attached hydrogen (secondary N) is 1. The van der Waals surface area contributed by atoms with E-state index in [1.807, 2.05) is 0 Å². The molecular formula is C14H26BrN. The van der Waals surface area contributed by atoms with Crippen LogP contribution in [0.2, 0.25) is 0 Å². The van der Waals surface area contributed by atoms with Gasteiger partial charge in [0.05, 0.1) is 0 Å². The van der Waals surface area contributed by atoms with Crippen LogP contribution < -0.4 is 5.32 Å². The molecule has 0 aromatic heterocycles. The molecule has 0 aromatic rings. The summed E-state index contributed by atoms with van der Waals surface area (Å²) in [7, 11) is 2.10. The molecule has 0 spiro atoms. The van der Waals surface area contributed by atoms with Crippen LogP contribution in [0.1, 0.15) is 57.8 Å². The monoisotopic (exact) mass is 287 g/mol. The molecule has 0 bridgehead atoms. The van der Waals surface area contributed by atoms with Crippen molar-refractivity contribution in [2.45, 2.75) is 68.7 Å². The zero-order chi connectivity index (χ0) is 11.4. The zero-order valence-corrected chi connectivity index (χ0v) is 12.1. The highest BCUT2D eigenvalue weighted by Gasteiger charge is 2.30. The third-order valence-corrected chi connectivity index (χ3v) is 5.80. The fourth-order valence-electron chi connectivity index (χ4n) is 3.56. The molecule has 1 nitrogen and oxygen atoms in total. The van der Waals surface area contributed by atoms with Gasteiger partial charge in [0.15, 0.2) is 0 Å². The van der Waals surface area contributed by atoms with E-state index in [2.05, 4.69) is 28.3 Å². The van der Waals surface area contributed by atoms with E-state index in [1.165, 1.54) is 57.8 Å². The molecule has 0 saturated heterocycles. The molecule has 2 fully saturated rings. The summed E-state index contributed by atoms with van der Waals surface area (Å²) in [5.41, 5.74) is 0. The molecule has 2 heteroatoms. The Morgan fingerprint density at radius 3 is 2.44 bits per heavy atom. The van der Waals surface area contributed by atoms with Crippen molar-refractivity contribution >= 4 is 15.9 Å². The van der Waals surface area contributed by atoms with Crippen molar-refractivity contribution in [3.05, 3.63) is 0 Å². The molecular weight excluding hydrogens is 262 g/mol. The molecule has 0 heterocycles. The second-order valence-electron chi connectivity index (χ2n) is 5.81. The van der Waals surface area contributed by atoms with Gasteiger partial charge in [0.1, 0.15) is 0 Å². The molecule has 16 heavy (non-hydrogen) atoms. The lowest BCUT2D eigenvalue weighted by atomic mass is 9.76. The number of hydrogen-bond acceptors (Lipinski definition) is 1. The highest BCUT2D eigenvalue weighted by Crippen LogP contribution is 2.38. The molecule has 0 aromatic carbocycles. The van der Waals surface area contributed by atoms with Gasteiger partial charge in [0.2, 0.25) is 0 Å². The lowest BCUT2D eigenvalue weighted by Gasteiger charge is -2.35. The van der Waals surface area contributed by atoms with Crippen LogP contribution in [0.3, 0.4) is 0 Å². The summed E-state index contributed by atoms with van der Waals surface area (Å²) >= 11 is 3.92. The SMILES string of the molecule is CNC1CCC(CC2CCCCC2)C(Br)C1. The van der Waals surface area contributed by atoms with Gasteiger partial charge in [0.25, 0.3) is 0 Å². The Balaban J connectivity index is 1.76. The lowest BCUT2D eigenvalue weighted by Crippen LogP contribution is -2.36. The molecule has 1 N–H and O–H groups in total. The summed E-state index contributed by atoms with van der Waals surface area (Å²) in [4.78, 5) is 0.764. The summed E-state index contributed by atoms with van der Waals surface area (Å²) in [6, 6.07) is 0.756. The van der Waals surface area contributed by atoms with E-state index in [9.17, 15) is 0 Å². The third-order valence-electron chi connectivity index (χ3n) is 4.68. The van der Waals surface area contributed by atoms with Crippen LogP contribution in [0.4, 0.5) is 0 Å². The van der Waals surface area contributed by atoms with Gasteiger partial charge in [-0.25, -0.2) is 0 Å². The highest BCUT2D eigenvalue weighted by atomic mass is 79.9. The first-order valence-electron chi connectivity index (χ1n) is 7.11. The molecule has 3 unspecified atom stereocenters. The van der Waals surface area contributed by atoms with Crippen LogP contribution in [0, 0.1) is 11.8 Å². The van der Waals surface area contributed by atoms with Crippen LogP contribution in [0.15, 0.2) is 0 Å². The number of rotatable bonds is 3.